The van der Waals surface area contributed by atoms with Crippen molar-refractivity contribution < 1.29 is 4.79 Å². The molecule has 1 aromatic heterocycles. The molecule has 4 rings (SSSR count). The Labute approximate surface area is 149 Å². The average molecular weight is 338 g/mol. The van der Waals surface area contributed by atoms with Crippen molar-refractivity contribution in [2.45, 2.75) is 44.7 Å². The van der Waals surface area contributed by atoms with Crippen LogP contribution in [0.1, 0.15) is 53.8 Å². The number of H-pyrrole nitrogens is 1. The second-order valence-corrected chi connectivity index (χ2v) is 7.40. The summed E-state index contributed by atoms with van der Waals surface area (Å²) in [7, 11) is 0. The second kappa shape index (κ2) is 7.00. The van der Waals surface area contributed by atoms with E-state index in [0.29, 0.717) is 11.6 Å². The van der Waals surface area contributed by atoms with Crippen molar-refractivity contribution in [2.24, 2.45) is 0 Å². The van der Waals surface area contributed by atoms with Crippen LogP contribution in [-0.2, 0) is 6.54 Å². The van der Waals surface area contributed by atoms with Crippen molar-refractivity contribution in [3.63, 3.8) is 0 Å². The van der Waals surface area contributed by atoms with Gasteiger partial charge in [-0.15, -0.1) is 0 Å². The average Bonchev–Trinajstić information content (AvgIpc) is 3.38. The van der Waals surface area contributed by atoms with Gasteiger partial charge in [0.2, 0.25) is 0 Å². The van der Waals surface area contributed by atoms with E-state index in [9.17, 15) is 4.79 Å². The maximum atomic E-state index is 12.9. The molecule has 25 heavy (non-hydrogen) atoms. The summed E-state index contributed by atoms with van der Waals surface area (Å²) >= 11 is 0. The molecule has 1 aliphatic heterocycles. The van der Waals surface area contributed by atoms with Gasteiger partial charge >= 0.3 is 0 Å². The zero-order valence-corrected chi connectivity index (χ0v) is 14.8. The van der Waals surface area contributed by atoms with Crippen LogP contribution in [0.2, 0.25) is 0 Å². The molecule has 2 aliphatic rings. The fourth-order valence-electron chi connectivity index (χ4n) is 3.73. The lowest BCUT2D eigenvalue weighted by Crippen LogP contribution is -2.42. The molecule has 2 heterocycles. The predicted molar refractivity (Wildman–Crippen MR) is 97.4 cm³/mol. The van der Waals surface area contributed by atoms with Crippen molar-refractivity contribution in [3.8, 4) is 0 Å². The fourth-order valence-corrected chi connectivity index (χ4v) is 3.73. The third-order valence-corrected chi connectivity index (χ3v) is 5.27. The first kappa shape index (κ1) is 16.3. The number of hydrogen-bond acceptors (Lipinski definition) is 3. The van der Waals surface area contributed by atoms with E-state index in [1.165, 1.54) is 18.4 Å². The summed E-state index contributed by atoms with van der Waals surface area (Å²) in [5.41, 5.74) is 3.03. The zero-order chi connectivity index (χ0) is 17.2. The number of nitrogens with zero attached hydrogens (tertiary/aromatic N) is 3. The molecule has 132 valence electrons. The molecule has 1 saturated carbocycles. The normalized spacial score (nSPS) is 22.0. The molecule has 2 aromatic rings. The number of aromatic amines is 1. The molecule has 0 bridgehead atoms. The van der Waals surface area contributed by atoms with Crippen molar-refractivity contribution >= 4 is 5.91 Å². The second-order valence-electron chi connectivity index (χ2n) is 7.40. The molecular formula is C20H26N4O. The first-order valence-corrected chi connectivity index (χ1v) is 9.33. The summed E-state index contributed by atoms with van der Waals surface area (Å²) < 4.78 is 0. The Balaban J connectivity index is 1.41. The van der Waals surface area contributed by atoms with Gasteiger partial charge in [-0.05, 0) is 37.8 Å². The Morgan fingerprint density at radius 1 is 1.24 bits per heavy atom. The molecule has 1 saturated heterocycles. The molecule has 5 heteroatoms. The number of carbonyl (C=O) groups is 1. The minimum absolute atomic E-state index is 0.0669. The lowest BCUT2D eigenvalue weighted by Gasteiger charge is -2.28. The minimum atomic E-state index is 0.0669. The first-order chi connectivity index (χ1) is 12.2. The Kier molecular flexibility index (Phi) is 4.57. The Morgan fingerprint density at radius 3 is 2.80 bits per heavy atom. The molecule has 1 aromatic carbocycles. The van der Waals surface area contributed by atoms with Gasteiger partial charge in [-0.25, -0.2) is 0 Å². The fraction of sp³-hybridized carbons (Fsp3) is 0.500. The molecule has 1 N–H and O–H groups in total. The van der Waals surface area contributed by atoms with Crippen LogP contribution in [0.3, 0.4) is 0 Å². The summed E-state index contributed by atoms with van der Waals surface area (Å²) in [4.78, 5) is 17.4. The number of benzene rings is 1. The third-order valence-electron chi connectivity index (χ3n) is 5.27. The quantitative estimate of drug-likeness (QED) is 0.932. The van der Waals surface area contributed by atoms with Crippen molar-refractivity contribution in [1.29, 1.82) is 0 Å². The van der Waals surface area contributed by atoms with Gasteiger partial charge in [0.1, 0.15) is 5.69 Å². The SMILES string of the molecule is CC1CN(Cc2ccccc2)CCCN1C(=O)c1cc(C2CC2)[nH]n1. The van der Waals surface area contributed by atoms with Crippen LogP contribution >= 0.6 is 0 Å². The van der Waals surface area contributed by atoms with E-state index < -0.39 is 0 Å². The highest BCUT2D eigenvalue weighted by molar-refractivity contribution is 5.92. The van der Waals surface area contributed by atoms with E-state index in [4.69, 9.17) is 0 Å². The van der Waals surface area contributed by atoms with E-state index in [0.717, 1.165) is 38.3 Å². The van der Waals surface area contributed by atoms with E-state index in [-0.39, 0.29) is 11.9 Å². The molecule has 1 amide bonds. The van der Waals surface area contributed by atoms with Gasteiger partial charge in [-0.1, -0.05) is 30.3 Å². The summed E-state index contributed by atoms with van der Waals surface area (Å²) in [6.07, 6.45) is 3.43. The number of rotatable bonds is 4. The van der Waals surface area contributed by atoms with Gasteiger partial charge < -0.3 is 4.90 Å². The maximum absolute atomic E-state index is 12.9. The molecule has 1 atom stereocenters. The topological polar surface area (TPSA) is 52.2 Å². The Bertz CT molecular complexity index is 722. The molecular weight excluding hydrogens is 312 g/mol. The van der Waals surface area contributed by atoms with Gasteiger partial charge in [0.15, 0.2) is 0 Å². The largest absolute Gasteiger partial charge is 0.333 e. The lowest BCUT2D eigenvalue weighted by atomic mass is 10.2. The van der Waals surface area contributed by atoms with Gasteiger partial charge in [0.05, 0.1) is 0 Å². The van der Waals surface area contributed by atoms with Crippen LogP contribution in [-0.4, -0.2) is 51.6 Å². The standard InChI is InChI=1S/C20H26N4O/c1-15-13-23(14-16-6-3-2-4-7-16)10-5-11-24(15)20(25)19-12-18(21-22-19)17-8-9-17/h2-4,6-7,12,15,17H,5,8-11,13-14H2,1H3,(H,21,22). The van der Waals surface area contributed by atoms with Crippen molar-refractivity contribution in [3.05, 3.63) is 53.3 Å². The highest BCUT2D eigenvalue weighted by Gasteiger charge is 2.30. The summed E-state index contributed by atoms with van der Waals surface area (Å²) in [5.74, 6) is 0.661. The number of carbonyl (C=O) groups excluding carboxylic acids is 1. The van der Waals surface area contributed by atoms with Crippen LogP contribution < -0.4 is 0 Å². The molecule has 1 aliphatic carbocycles. The van der Waals surface area contributed by atoms with Crippen LogP contribution in [0.5, 0.6) is 0 Å². The van der Waals surface area contributed by atoms with Gasteiger partial charge in [-0.3, -0.25) is 14.8 Å². The molecule has 1 unspecified atom stereocenters. The van der Waals surface area contributed by atoms with Crippen molar-refractivity contribution in [1.82, 2.24) is 20.0 Å². The summed E-state index contributed by atoms with van der Waals surface area (Å²) in [5, 5.41) is 7.33. The number of hydrogen-bond donors (Lipinski definition) is 1. The number of nitrogens with one attached hydrogen (secondary N) is 1. The molecule has 2 fully saturated rings. The van der Waals surface area contributed by atoms with Crippen LogP contribution in [0.25, 0.3) is 0 Å². The summed E-state index contributed by atoms with van der Waals surface area (Å²) in [6, 6.07) is 12.7. The highest BCUT2D eigenvalue weighted by Crippen LogP contribution is 2.39. The Morgan fingerprint density at radius 2 is 2.04 bits per heavy atom. The Hall–Kier alpha value is -2.14. The van der Waals surface area contributed by atoms with E-state index in [2.05, 4.69) is 52.4 Å². The highest BCUT2D eigenvalue weighted by atomic mass is 16.2. The van der Waals surface area contributed by atoms with Gasteiger partial charge in [0, 0.05) is 43.8 Å². The van der Waals surface area contributed by atoms with Crippen LogP contribution in [0, 0.1) is 0 Å². The predicted octanol–water partition coefficient (Wildman–Crippen LogP) is 3.02. The van der Waals surface area contributed by atoms with E-state index in [1.807, 2.05) is 11.0 Å². The zero-order valence-electron chi connectivity index (χ0n) is 14.8. The van der Waals surface area contributed by atoms with E-state index in [1.54, 1.807) is 0 Å². The first-order valence-electron chi connectivity index (χ1n) is 9.33. The van der Waals surface area contributed by atoms with Crippen molar-refractivity contribution in [2.75, 3.05) is 19.6 Å². The smallest absolute Gasteiger partial charge is 0.274 e. The monoisotopic (exact) mass is 338 g/mol. The van der Waals surface area contributed by atoms with E-state index >= 15 is 0 Å². The molecule has 0 radical (unpaired) electrons. The number of amides is 1. The number of aromatic nitrogens is 2. The molecule has 0 spiro atoms. The lowest BCUT2D eigenvalue weighted by molar-refractivity contribution is 0.0685. The van der Waals surface area contributed by atoms with Crippen LogP contribution in [0.15, 0.2) is 36.4 Å². The van der Waals surface area contributed by atoms with Crippen LogP contribution in [0.4, 0.5) is 0 Å². The molecule has 5 nitrogen and oxygen atoms in total. The van der Waals surface area contributed by atoms with Gasteiger partial charge in [0.25, 0.3) is 5.91 Å². The minimum Gasteiger partial charge on any atom is -0.333 e. The van der Waals surface area contributed by atoms with Gasteiger partial charge in [-0.2, -0.15) is 5.10 Å². The third kappa shape index (κ3) is 3.76. The summed E-state index contributed by atoms with van der Waals surface area (Å²) in [6.45, 7) is 5.82. The maximum Gasteiger partial charge on any atom is 0.274 e.